The fourth-order valence-corrected chi connectivity index (χ4v) is 2.98. The highest BCUT2D eigenvalue weighted by Gasteiger charge is 2.16. The molecule has 0 bridgehead atoms. The number of carbonyl (C=O) groups is 1. The lowest BCUT2D eigenvalue weighted by atomic mass is 10.1. The molecule has 1 amide bonds. The minimum absolute atomic E-state index is 0.0178. The summed E-state index contributed by atoms with van der Waals surface area (Å²) in [5.74, 6) is -0.176. The van der Waals surface area contributed by atoms with Crippen molar-refractivity contribution in [2.45, 2.75) is 26.6 Å². The number of para-hydroxylation sites is 1. The first-order valence-electron chi connectivity index (χ1n) is 8.82. The molecule has 0 saturated carbocycles. The number of benzene rings is 2. The molecule has 0 spiro atoms. The van der Waals surface area contributed by atoms with Gasteiger partial charge in [-0.1, -0.05) is 48.5 Å². The Hall–Kier alpha value is -2.73. The summed E-state index contributed by atoms with van der Waals surface area (Å²) in [6.07, 6.45) is 0. The number of aromatic nitrogens is 3. The van der Waals surface area contributed by atoms with Crippen LogP contribution in [0, 0.1) is 5.92 Å². The van der Waals surface area contributed by atoms with E-state index in [0.717, 1.165) is 23.1 Å². The van der Waals surface area contributed by atoms with E-state index in [1.165, 1.54) is 5.56 Å². The zero-order valence-electron chi connectivity index (χ0n) is 15.5. The van der Waals surface area contributed by atoms with Gasteiger partial charge in [0.25, 0.3) is 0 Å². The van der Waals surface area contributed by atoms with Crippen LogP contribution in [0.5, 0.6) is 0 Å². The largest absolute Gasteiger partial charge is 0.352 e. The second-order valence-electron chi connectivity index (χ2n) is 6.89. The molecule has 6 heteroatoms. The number of nitrogens with one attached hydrogen (secondary N) is 1. The lowest BCUT2D eigenvalue weighted by molar-refractivity contribution is -0.125. The normalized spacial score (nSPS) is 12.5. The molecule has 0 aliphatic heterocycles. The van der Waals surface area contributed by atoms with E-state index in [-0.39, 0.29) is 11.8 Å². The summed E-state index contributed by atoms with van der Waals surface area (Å²) in [7, 11) is 4.08. The van der Waals surface area contributed by atoms with E-state index in [1.54, 1.807) is 4.68 Å². The SMILES string of the molecule is CC(Cn1nnc2ccccc21)C(=O)NCc1ccccc1CN(C)C. The number of rotatable bonds is 7. The van der Waals surface area contributed by atoms with E-state index in [2.05, 4.69) is 32.7 Å². The van der Waals surface area contributed by atoms with E-state index < -0.39 is 0 Å². The molecule has 1 aromatic heterocycles. The van der Waals surface area contributed by atoms with Crippen molar-refractivity contribution in [1.29, 1.82) is 0 Å². The Kier molecular flexibility index (Phi) is 5.63. The Labute approximate surface area is 153 Å². The van der Waals surface area contributed by atoms with Gasteiger partial charge in [0, 0.05) is 13.1 Å². The second kappa shape index (κ2) is 8.10. The molecular weight excluding hydrogens is 326 g/mol. The van der Waals surface area contributed by atoms with Gasteiger partial charge in [-0.3, -0.25) is 4.79 Å². The molecule has 1 unspecified atom stereocenters. The van der Waals surface area contributed by atoms with Crippen LogP contribution < -0.4 is 5.32 Å². The van der Waals surface area contributed by atoms with Gasteiger partial charge in [-0.2, -0.15) is 0 Å². The lowest BCUT2D eigenvalue weighted by Crippen LogP contribution is -2.31. The van der Waals surface area contributed by atoms with Crippen molar-refractivity contribution in [2.24, 2.45) is 5.92 Å². The number of fused-ring (bicyclic) bond motifs is 1. The first-order chi connectivity index (χ1) is 12.5. The van der Waals surface area contributed by atoms with Crippen LogP contribution >= 0.6 is 0 Å². The second-order valence-corrected chi connectivity index (χ2v) is 6.89. The highest BCUT2D eigenvalue weighted by atomic mass is 16.1. The minimum atomic E-state index is -0.193. The van der Waals surface area contributed by atoms with Gasteiger partial charge in [-0.25, -0.2) is 4.68 Å². The van der Waals surface area contributed by atoms with Crippen molar-refractivity contribution in [3.8, 4) is 0 Å². The first-order valence-corrected chi connectivity index (χ1v) is 8.82. The van der Waals surface area contributed by atoms with Gasteiger partial charge in [-0.05, 0) is 37.4 Å². The Morgan fingerprint density at radius 2 is 1.81 bits per heavy atom. The topological polar surface area (TPSA) is 63.1 Å². The molecule has 0 radical (unpaired) electrons. The molecule has 3 rings (SSSR count). The third-order valence-electron chi connectivity index (χ3n) is 4.37. The van der Waals surface area contributed by atoms with Crippen LogP contribution in [-0.2, 0) is 24.4 Å². The average molecular weight is 351 g/mol. The minimum Gasteiger partial charge on any atom is -0.352 e. The van der Waals surface area contributed by atoms with Crippen molar-refractivity contribution >= 4 is 16.9 Å². The van der Waals surface area contributed by atoms with Gasteiger partial charge < -0.3 is 10.2 Å². The summed E-state index contributed by atoms with van der Waals surface area (Å²) in [6, 6.07) is 16.0. The zero-order valence-corrected chi connectivity index (χ0v) is 15.5. The average Bonchev–Trinajstić information content (AvgIpc) is 3.03. The molecule has 0 aliphatic rings. The van der Waals surface area contributed by atoms with E-state index in [9.17, 15) is 4.79 Å². The lowest BCUT2D eigenvalue weighted by Gasteiger charge is -2.16. The maximum atomic E-state index is 12.5. The first kappa shape index (κ1) is 18.1. The van der Waals surface area contributed by atoms with Gasteiger partial charge in [0.2, 0.25) is 5.91 Å². The highest BCUT2D eigenvalue weighted by molar-refractivity contribution is 5.79. The molecule has 0 saturated heterocycles. The van der Waals surface area contributed by atoms with Crippen molar-refractivity contribution in [1.82, 2.24) is 25.2 Å². The van der Waals surface area contributed by atoms with Crippen LogP contribution in [0.15, 0.2) is 48.5 Å². The quantitative estimate of drug-likeness (QED) is 0.710. The smallest absolute Gasteiger partial charge is 0.224 e. The van der Waals surface area contributed by atoms with E-state index in [1.807, 2.05) is 57.4 Å². The number of carbonyl (C=O) groups excluding carboxylic acids is 1. The summed E-state index contributed by atoms with van der Waals surface area (Å²) in [5, 5.41) is 11.4. The summed E-state index contributed by atoms with van der Waals surface area (Å²) < 4.78 is 1.79. The fraction of sp³-hybridized carbons (Fsp3) is 0.350. The predicted molar refractivity (Wildman–Crippen MR) is 102 cm³/mol. The van der Waals surface area contributed by atoms with Crippen molar-refractivity contribution in [3.05, 3.63) is 59.7 Å². The Balaban J connectivity index is 1.62. The number of nitrogens with zero attached hydrogens (tertiary/aromatic N) is 4. The predicted octanol–water partition coefficient (Wildman–Crippen LogP) is 2.45. The monoisotopic (exact) mass is 351 g/mol. The standard InChI is InChI=1S/C20H25N5O/c1-15(13-25-19-11-7-6-10-18(19)22-23-25)20(26)21-12-16-8-4-5-9-17(16)14-24(2)3/h4-11,15H,12-14H2,1-3H3,(H,21,26). The van der Waals surface area contributed by atoms with Gasteiger partial charge in [0.1, 0.15) is 5.52 Å². The van der Waals surface area contributed by atoms with Crippen LogP contribution in [0.4, 0.5) is 0 Å². The Bertz CT molecular complexity index is 887. The summed E-state index contributed by atoms with van der Waals surface area (Å²) in [4.78, 5) is 14.7. The summed E-state index contributed by atoms with van der Waals surface area (Å²) >= 11 is 0. The van der Waals surface area contributed by atoms with Crippen LogP contribution in [0.1, 0.15) is 18.1 Å². The number of hydrogen-bond donors (Lipinski definition) is 1. The zero-order chi connectivity index (χ0) is 18.5. The van der Waals surface area contributed by atoms with E-state index in [4.69, 9.17) is 0 Å². The Morgan fingerprint density at radius 3 is 2.58 bits per heavy atom. The molecular formula is C20H25N5O. The van der Waals surface area contributed by atoms with Gasteiger partial charge in [0.05, 0.1) is 18.0 Å². The molecule has 6 nitrogen and oxygen atoms in total. The van der Waals surface area contributed by atoms with E-state index >= 15 is 0 Å². The molecule has 0 fully saturated rings. The maximum absolute atomic E-state index is 12.5. The third-order valence-corrected chi connectivity index (χ3v) is 4.37. The summed E-state index contributed by atoms with van der Waals surface area (Å²) in [5.41, 5.74) is 4.17. The molecule has 2 aromatic carbocycles. The van der Waals surface area contributed by atoms with Crippen LogP contribution in [0.25, 0.3) is 11.0 Å². The third kappa shape index (κ3) is 4.26. The molecule has 1 atom stereocenters. The molecule has 1 heterocycles. The van der Waals surface area contributed by atoms with Gasteiger partial charge in [-0.15, -0.1) is 5.10 Å². The fourth-order valence-electron chi connectivity index (χ4n) is 2.98. The van der Waals surface area contributed by atoms with Gasteiger partial charge >= 0.3 is 0 Å². The number of hydrogen-bond acceptors (Lipinski definition) is 4. The maximum Gasteiger partial charge on any atom is 0.224 e. The van der Waals surface area contributed by atoms with Crippen molar-refractivity contribution < 1.29 is 4.79 Å². The molecule has 26 heavy (non-hydrogen) atoms. The van der Waals surface area contributed by atoms with Crippen LogP contribution in [0.2, 0.25) is 0 Å². The van der Waals surface area contributed by atoms with Gasteiger partial charge in [0.15, 0.2) is 0 Å². The van der Waals surface area contributed by atoms with Crippen molar-refractivity contribution in [2.75, 3.05) is 14.1 Å². The Morgan fingerprint density at radius 1 is 1.12 bits per heavy atom. The van der Waals surface area contributed by atoms with E-state index in [0.29, 0.717) is 13.1 Å². The summed E-state index contributed by atoms with van der Waals surface area (Å²) in [6.45, 7) is 3.81. The molecule has 3 aromatic rings. The molecule has 0 aliphatic carbocycles. The highest BCUT2D eigenvalue weighted by Crippen LogP contribution is 2.13. The van der Waals surface area contributed by atoms with Crippen LogP contribution in [0.3, 0.4) is 0 Å². The number of amides is 1. The molecule has 1 N–H and O–H groups in total. The molecule has 136 valence electrons. The van der Waals surface area contributed by atoms with Crippen LogP contribution in [-0.4, -0.2) is 39.9 Å². The van der Waals surface area contributed by atoms with Crippen molar-refractivity contribution in [3.63, 3.8) is 0 Å².